The van der Waals surface area contributed by atoms with E-state index in [1.807, 2.05) is 12.2 Å². The van der Waals surface area contributed by atoms with Crippen molar-refractivity contribution < 1.29 is 9.53 Å². The molecule has 0 spiro atoms. The van der Waals surface area contributed by atoms with E-state index in [9.17, 15) is 4.79 Å². The molecule has 1 aliphatic heterocycles. The van der Waals surface area contributed by atoms with E-state index in [-0.39, 0.29) is 6.09 Å². The fourth-order valence-corrected chi connectivity index (χ4v) is 1.07. The average Bonchev–Trinajstić information content (AvgIpc) is 2.02. The summed E-state index contributed by atoms with van der Waals surface area (Å²) in [5.41, 5.74) is 0. The van der Waals surface area contributed by atoms with Crippen molar-refractivity contribution in [1.29, 1.82) is 0 Å². The molecule has 0 aromatic heterocycles. The van der Waals surface area contributed by atoms with Gasteiger partial charge in [-0.15, -0.1) is 0 Å². The van der Waals surface area contributed by atoms with Gasteiger partial charge >= 0.3 is 6.09 Å². The fourth-order valence-electron chi connectivity index (χ4n) is 1.07. The lowest BCUT2D eigenvalue weighted by Crippen LogP contribution is -2.38. The SMILES string of the molecule is COC(=O)N1CC=CCNCC1. The third kappa shape index (κ3) is 2.54. The van der Waals surface area contributed by atoms with E-state index in [1.54, 1.807) is 4.90 Å². The Kier molecular flexibility index (Phi) is 3.60. The Morgan fingerprint density at radius 1 is 1.58 bits per heavy atom. The Morgan fingerprint density at radius 3 is 3.17 bits per heavy atom. The van der Waals surface area contributed by atoms with E-state index in [0.29, 0.717) is 13.1 Å². The Hall–Kier alpha value is -1.03. The van der Waals surface area contributed by atoms with E-state index in [1.165, 1.54) is 7.11 Å². The number of hydrogen-bond donors (Lipinski definition) is 1. The first-order valence-corrected chi connectivity index (χ1v) is 4.03. The molecule has 4 nitrogen and oxygen atoms in total. The monoisotopic (exact) mass is 170 g/mol. The molecule has 0 fully saturated rings. The van der Waals surface area contributed by atoms with E-state index in [0.717, 1.165) is 13.1 Å². The summed E-state index contributed by atoms with van der Waals surface area (Å²) in [5, 5.41) is 3.16. The maximum Gasteiger partial charge on any atom is 0.409 e. The number of carbonyl (C=O) groups excluding carboxylic acids is 1. The third-order valence-corrected chi connectivity index (χ3v) is 1.75. The summed E-state index contributed by atoms with van der Waals surface area (Å²) in [6.45, 7) is 3.06. The third-order valence-electron chi connectivity index (χ3n) is 1.75. The molecular weight excluding hydrogens is 156 g/mol. The van der Waals surface area contributed by atoms with Crippen LogP contribution in [0.25, 0.3) is 0 Å². The highest BCUT2D eigenvalue weighted by molar-refractivity contribution is 5.67. The predicted molar refractivity (Wildman–Crippen MR) is 46.0 cm³/mol. The summed E-state index contributed by atoms with van der Waals surface area (Å²) in [7, 11) is 1.40. The van der Waals surface area contributed by atoms with Crippen LogP contribution in [0, 0.1) is 0 Å². The molecule has 0 saturated heterocycles. The lowest BCUT2D eigenvalue weighted by atomic mass is 10.4. The molecule has 68 valence electrons. The van der Waals surface area contributed by atoms with Crippen LogP contribution in [-0.2, 0) is 4.74 Å². The molecule has 1 aliphatic rings. The number of nitrogens with zero attached hydrogens (tertiary/aromatic N) is 1. The zero-order chi connectivity index (χ0) is 8.81. The Morgan fingerprint density at radius 2 is 2.42 bits per heavy atom. The molecule has 0 bridgehead atoms. The molecule has 0 radical (unpaired) electrons. The molecule has 4 heteroatoms. The largest absolute Gasteiger partial charge is 0.453 e. The van der Waals surface area contributed by atoms with Crippen molar-refractivity contribution in [2.24, 2.45) is 0 Å². The van der Waals surface area contributed by atoms with Crippen molar-refractivity contribution in [2.45, 2.75) is 0 Å². The van der Waals surface area contributed by atoms with Gasteiger partial charge in [0.05, 0.1) is 7.11 Å². The van der Waals surface area contributed by atoms with Crippen molar-refractivity contribution in [1.82, 2.24) is 10.2 Å². The quantitative estimate of drug-likeness (QED) is 0.528. The molecule has 1 rings (SSSR count). The number of amides is 1. The first kappa shape index (κ1) is 9.06. The first-order valence-electron chi connectivity index (χ1n) is 4.03. The highest BCUT2D eigenvalue weighted by Gasteiger charge is 2.11. The molecule has 1 N–H and O–H groups in total. The summed E-state index contributed by atoms with van der Waals surface area (Å²) in [6.07, 6.45) is 3.71. The van der Waals surface area contributed by atoms with Crippen molar-refractivity contribution >= 4 is 6.09 Å². The van der Waals surface area contributed by atoms with Crippen LogP contribution in [-0.4, -0.2) is 44.3 Å². The number of rotatable bonds is 0. The minimum absolute atomic E-state index is 0.261. The van der Waals surface area contributed by atoms with E-state index < -0.39 is 0 Å². The minimum Gasteiger partial charge on any atom is -0.453 e. The van der Waals surface area contributed by atoms with Gasteiger partial charge in [-0.3, -0.25) is 0 Å². The second-order valence-electron chi connectivity index (χ2n) is 2.59. The molecular formula is C8H14N2O2. The van der Waals surface area contributed by atoms with Crippen LogP contribution in [0.5, 0.6) is 0 Å². The highest BCUT2D eigenvalue weighted by atomic mass is 16.5. The molecule has 0 aromatic carbocycles. The lowest BCUT2D eigenvalue weighted by molar-refractivity contribution is 0.128. The normalized spacial score (nSPS) is 18.2. The van der Waals surface area contributed by atoms with Crippen LogP contribution in [0.2, 0.25) is 0 Å². The maximum atomic E-state index is 11.1. The Balaban J connectivity index is 2.45. The fraction of sp³-hybridized carbons (Fsp3) is 0.625. The van der Waals surface area contributed by atoms with Crippen LogP contribution in [0.1, 0.15) is 0 Å². The van der Waals surface area contributed by atoms with Gasteiger partial charge in [0.1, 0.15) is 0 Å². The molecule has 12 heavy (non-hydrogen) atoms. The van der Waals surface area contributed by atoms with Crippen molar-refractivity contribution in [2.75, 3.05) is 33.3 Å². The molecule has 0 aliphatic carbocycles. The van der Waals surface area contributed by atoms with Gasteiger partial charge in [0.25, 0.3) is 0 Å². The molecule has 1 heterocycles. The number of ether oxygens (including phenoxy) is 1. The van der Waals surface area contributed by atoms with E-state index >= 15 is 0 Å². The van der Waals surface area contributed by atoms with Gasteiger partial charge in [-0.25, -0.2) is 4.79 Å². The zero-order valence-corrected chi connectivity index (χ0v) is 7.25. The number of methoxy groups -OCH3 is 1. The Labute approximate surface area is 72.2 Å². The summed E-state index contributed by atoms with van der Waals surface area (Å²) < 4.78 is 4.61. The van der Waals surface area contributed by atoms with E-state index in [2.05, 4.69) is 10.1 Å². The summed E-state index contributed by atoms with van der Waals surface area (Å²) in [6, 6.07) is 0. The molecule has 0 unspecified atom stereocenters. The summed E-state index contributed by atoms with van der Waals surface area (Å²) in [4.78, 5) is 12.7. The second kappa shape index (κ2) is 4.77. The van der Waals surface area contributed by atoms with E-state index in [4.69, 9.17) is 0 Å². The van der Waals surface area contributed by atoms with Crippen LogP contribution in [0.3, 0.4) is 0 Å². The number of nitrogens with one attached hydrogen (secondary N) is 1. The number of hydrogen-bond acceptors (Lipinski definition) is 3. The van der Waals surface area contributed by atoms with Gasteiger partial charge in [0.2, 0.25) is 0 Å². The van der Waals surface area contributed by atoms with Gasteiger partial charge in [-0.05, 0) is 0 Å². The lowest BCUT2D eigenvalue weighted by Gasteiger charge is -2.20. The maximum absolute atomic E-state index is 11.1. The minimum atomic E-state index is -0.261. The smallest absolute Gasteiger partial charge is 0.409 e. The summed E-state index contributed by atoms with van der Waals surface area (Å²) >= 11 is 0. The van der Waals surface area contributed by atoms with Gasteiger partial charge in [-0.2, -0.15) is 0 Å². The first-order chi connectivity index (χ1) is 5.84. The van der Waals surface area contributed by atoms with Crippen molar-refractivity contribution in [3.05, 3.63) is 12.2 Å². The molecule has 1 amide bonds. The molecule has 0 aromatic rings. The number of carbonyl (C=O) groups is 1. The predicted octanol–water partition coefficient (Wildman–Crippen LogP) is 0.214. The van der Waals surface area contributed by atoms with Gasteiger partial charge < -0.3 is 15.0 Å². The van der Waals surface area contributed by atoms with Crippen LogP contribution in [0.4, 0.5) is 4.79 Å². The van der Waals surface area contributed by atoms with Crippen LogP contribution >= 0.6 is 0 Å². The summed E-state index contributed by atoms with van der Waals surface area (Å²) in [5.74, 6) is 0. The van der Waals surface area contributed by atoms with Gasteiger partial charge in [0.15, 0.2) is 0 Å². The standard InChI is InChI=1S/C8H14N2O2/c1-12-8(11)10-6-3-2-4-9-5-7-10/h2-3,9H,4-7H2,1H3. The highest BCUT2D eigenvalue weighted by Crippen LogP contribution is 1.94. The van der Waals surface area contributed by atoms with Crippen molar-refractivity contribution in [3.8, 4) is 0 Å². The van der Waals surface area contributed by atoms with Gasteiger partial charge in [0, 0.05) is 26.2 Å². The van der Waals surface area contributed by atoms with Crippen molar-refractivity contribution in [3.63, 3.8) is 0 Å². The molecule has 0 saturated carbocycles. The van der Waals surface area contributed by atoms with Crippen LogP contribution in [0.15, 0.2) is 12.2 Å². The molecule has 0 atom stereocenters. The topological polar surface area (TPSA) is 41.6 Å². The second-order valence-corrected chi connectivity index (χ2v) is 2.59. The van der Waals surface area contributed by atoms with Crippen LogP contribution < -0.4 is 5.32 Å². The average molecular weight is 170 g/mol. The van der Waals surface area contributed by atoms with Gasteiger partial charge in [-0.1, -0.05) is 12.2 Å². The zero-order valence-electron chi connectivity index (χ0n) is 7.25. The Bertz CT molecular complexity index is 180.